The van der Waals surface area contributed by atoms with E-state index in [2.05, 4.69) is 20.7 Å². The number of hydrogen-bond donors (Lipinski definition) is 5. The fraction of sp³-hybridized carbons (Fsp3) is 0.571. The van der Waals surface area contributed by atoms with Crippen molar-refractivity contribution in [1.29, 1.82) is 0 Å². The van der Waals surface area contributed by atoms with Crippen LogP contribution in [0.4, 0.5) is 0 Å². The van der Waals surface area contributed by atoms with E-state index in [4.69, 9.17) is 0 Å². The van der Waals surface area contributed by atoms with E-state index in [0.717, 1.165) is 32.4 Å². The molecule has 178 valence electrons. The molecule has 1 aromatic rings. The summed E-state index contributed by atoms with van der Waals surface area (Å²) in [6.45, 7) is 3.27. The van der Waals surface area contributed by atoms with E-state index in [0.29, 0.717) is 17.9 Å². The number of nitrogens with one attached hydrogen (secondary N) is 4. The van der Waals surface area contributed by atoms with Gasteiger partial charge >= 0.3 is 5.97 Å². The molecule has 1 saturated heterocycles. The van der Waals surface area contributed by atoms with Crippen LogP contribution in [0.15, 0.2) is 29.2 Å². The predicted molar refractivity (Wildman–Crippen MR) is 118 cm³/mol. The molecule has 2 rings (SSSR count). The summed E-state index contributed by atoms with van der Waals surface area (Å²) in [7, 11) is -4.07. The van der Waals surface area contributed by atoms with Crippen LogP contribution in [0.1, 0.15) is 37.7 Å². The number of amides is 2. The van der Waals surface area contributed by atoms with Crippen LogP contribution in [0.3, 0.4) is 0 Å². The lowest BCUT2D eigenvalue weighted by molar-refractivity contribution is -0.138. The SMILES string of the molecule is Cc1ccccc1S(=O)(=O)NC(CNC(=O)CCNC(=O)CCC1CCNCC1)C(=O)O. The summed E-state index contributed by atoms with van der Waals surface area (Å²) < 4.78 is 27.1. The third kappa shape index (κ3) is 8.56. The van der Waals surface area contributed by atoms with E-state index >= 15 is 0 Å². The lowest BCUT2D eigenvalue weighted by Gasteiger charge is -2.22. The van der Waals surface area contributed by atoms with Crippen LogP contribution in [-0.2, 0) is 24.4 Å². The first-order chi connectivity index (χ1) is 15.2. The van der Waals surface area contributed by atoms with Crippen molar-refractivity contribution >= 4 is 27.8 Å². The van der Waals surface area contributed by atoms with Crippen molar-refractivity contribution in [2.45, 2.75) is 50.0 Å². The second-order valence-electron chi connectivity index (χ2n) is 7.91. The minimum atomic E-state index is -4.07. The maximum atomic E-state index is 12.5. The van der Waals surface area contributed by atoms with Crippen LogP contribution in [-0.4, -0.2) is 63.5 Å². The molecule has 0 radical (unpaired) electrons. The monoisotopic (exact) mass is 468 g/mol. The van der Waals surface area contributed by atoms with Crippen molar-refractivity contribution in [2.75, 3.05) is 26.2 Å². The number of hydrogen-bond acceptors (Lipinski definition) is 6. The Morgan fingerprint density at radius 2 is 1.75 bits per heavy atom. The second-order valence-corrected chi connectivity index (χ2v) is 9.60. The first-order valence-corrected chi connectivity index (χ1v) is 12.2. The fourth-order valence-electron chi connectivity index (χ4n) is 3.50. The number of aryl methyl sites for hydroxylation is 1. The molecule has 1 aliphatic rings. The topological polar surface area (TPSA) is 154 Å². The number of aliphatic carboxylic acids is 1. The van der Waals surface area contributed by atoms with Crippen LogP contribution in [0.5, 0.6) is 0 Å². The van der Waals surface area contributed by atoms with Crippen molar-refractivity contribution in [3.05, 3.63) is 29.8 Å². The standard InChI is InChI=1S/C21H32N4O6S/c1-15-4-2-3-5-18(15)32(30,31)25-17(21(28)29)14-24-20(27)10-13-23-19(26)7-6-16-8-11-22-12-9-16/h2-5,16-17,22,25H,6-14H2,1H3,(H,23,26)(H,24,27)(H,28,29). The average Bonchev–Trinajstić information content (AvgIpc) is 2.76. The zero-order chi connectivity index (χ0) is 23.6. The Morgan fingerprint density at radius 3 is 2.41 bits per heavy atom. The molecule has 0 aliphatic carbocycles. The smallest absolute Gasteiger partial charge is 0.323 e. The highest BCUT2D eigenvalue weighted by molar-refractivity contribution is 7.89. The van der Waals surface area contributed by atoms with Gasteiger partial charge in [0.05, 0.1) is 4.90 Å². The van der Waals surface area contributed by atoms with Gasteiger partial charge in [0.1, 0.15) is 6.04 Å². The Kier molecular flexibility index (Phi) is 10.1. The number of piperidine rings is 1. The minimum absolute atomic E-state index is 0.0234. The molecule has 0 bridgehead atoms. The summed E-state index contributed by atoms with van der Waals surface area (Å²) in [6, 6.07) is 4.67. The maximum Gasteiger partial charge on any atom is 0.323 e. The number of carbonyl (C=O) groups is 3. The highest BCUT2D eigenvalue weighted by Gasteiger charge is 2.26. The summed E-state index contributed by atoms with van der Waals surface area (Å²) >= 11 is 0. The van der Waals surface area contributed by atoms with E-state index in [9.17, 15) is 27.9 Å². The van der Waals surface area contributed by atoms with Gasteiger partial charge in [-0.25, -0.2) is 8.42 Å². The Morgan fingerprint density at radius 1 is 1.09 bits per heavy atom. The van der Waals surface area contributed by atoms with Crippen molar-refractivity contribution < 1.29 is 27.9 Å². The van der Waals surface area contributed by atoms with Gasteiger partial charge in [-0.05, 0) is 56.8 Å². The van der Waals surface area contributed by atoms with Crippen LogP contribution >= 0.6 is 0 Å². The maximum absolute atomic E-state index is 12.5. The molecule has 1 fully saturated rings. The molecule has 5 N–H and O–H groups in total. The van der Waals surface area contributed by atoms with Gasteiger partial charge in [0.15, 0.2) is 0 Å². The lowest BCUT2D eigenvalue weighted by atomic mass is 9.93. The quantitative estimate of drug-likeness (QED) is 0.292. The Hall–Kier alpha value is -2.50. The summed E-state index contributed by atoms with van der Waals surface area (Å²) in [5, 5.41) is 17.7. The fourth-order valence-corrected chi connectivity index (χ4v) is 4.94. The number of sulfonamides is 1. The number of carboxylic acids is 1. The zero-order valence-corrected chi connectivity index (χ0v) is 19.0. The van der Waals surface area contributed by atoms with Gasteiger partial charge in [0.2, 0.25) is 21.8 Å². The normalized spacial score (nSPS) is 15.7. The average molecular weight is 469 g/mol. The van der Waals surface area contributed by atoms with Crippen LogP contribution in [0.25, 0.3) is 0 Å². The molecular formula is C21H32N4O6S. The molecule has 0 spiro atoms. The molecule has 1 heterocycles. The highest BCUT2D eigenvalue weighted by Crippen LogP contribution is 2.17. The Bertz CT molecular complexity index is 899. The molecule has 1 aliphatic heterocycles. The molecule has 2 amide bonds. The molecular weight excluding hydrogens is 436 g/mol. The molecule has 1 atom stereocenters. The van der Waals surface area contributed by atoms with E-state index in [1.807, 2.05) is 0 Å². The van der Waals surface area contributed by atoms with Gasteiger partial charge < -0.3 is 21.1 Å². The molecule has 0 saturated carbocycles. The van der Waals surface area contributed by atoms with Gasteiger partial charge in [-0.2, -0.15) is 4.72 Å². The summed E-state index contributed by atoms with van der Waals surface area (Å²) in [4.78, 5) is 35.4. The molecule has 1 aromatic carbocycles. The van der Waals surface area contributed by atoms with E-state index in [-0.39, 0.29) is 23.8 Å². The molecule has 10 nitrogen and oxygen atoms in total. The zero-order valence-electron chi connectivity index (χ0n) is 18.2. The van der Waals surface area contributed by atoms with E-state index < -0.39 is 34.5 Å². The highest BCUT2D eigenvalue weighted by atomic mass is 32.2. The number of carboxylic acid groups (broad SMARTS) is 1. The molecule has 11 heteroatoms. The van der Waals surface area contributed by atoms with Gasteiger partial charge in [0, 0.05) is 25.9 Å². The second kappa shape index (κ2) is 12.5. The van der Waals surface area contributed by atoms with Crippen LogP contribution in [0, 0.1) is 12.8 Å². The van der Waals surface area contributed by atoms with Crippen molar-refractivity contribution in [2.24, 2.45) is 5.92 Å². The first-order valence-electron chi connectivity index (χ1n) is 10.7. The third-order valence-electron chi connectivity index (χ3n) is 5.39. The Balaban J connectivity index is 1.73. The number of rotatable bonds is 12. The largest absolute Gasteiger partial charge is 0.480 e. The van der Waals surface area contributed by atoms with Gasteiger partial charge in [-0.1, -0.05) is 18.2 Å². The predicted octanol–water partition coefficient (Wildman–Crippen LogP) is 0.129. The van der Waals surface area contributed by atoms with Crippen molar-refractivity contribution in [1.82, 2.24) is 20.7 Å². The molecule has 32 heavy (non-hydrogen) atoms. The van der Waals surface area contributed by atoms with E-state index in [1.54, 1.807) is 25.1 Å². The lowest BCUT2D eigenvalue weighted by Crippen LogP contribution is -2.48. The van der Waals surface area contributed by atoms with E-state index in [1.165, 1.54) is 6.07 Å². The van der Waals surface area contributed by atoms with Crippen LogP contribution < -0.4 is 20.7 Å². The minimum Gasteiger partial charge on any atom is -0.480 e. The van der Waals surface area contributed by atoms with Gasteiger partial charge in [-0.3, -0.25) is 14.4 Å². The van der Waals surface area contributed by atoms with Crippen molar-refractivity contribution in [3.8, 4) is 0 Å². The number of carbonyl (C=O) groups excluding carboxylic acids is 2. The molecule has 1 unspecified atom stereocenters. The first kappa shape index (κ1) is 25.8. The summed E-state index contributed by atoms with van der Waals surface area (Å²) in [6.07, 6.45) is 3.33. The number of benzene rings is 1. The van der Waals surface area contributed by atoms with Crippen molar-refractivity contribution in [3.63, 3.8) is 0 Å². The third-order valence-corrected chi connectivity index (χ3v) is 7.03. The Labute approximate surface area is 188 Å². The van der Waals surface area contributed by atoms with Gasteiger partial charge in [-0.15, -0.1) is 0 Å². The summed E-state index contributed by atoms with van der Waals surface area (Å²) in [5.74, 6) is -1.47. The van der Waals surface area contributed by atoms with Gasteiger partial charge in [0.25, 0.3) is 0 Å². The molecule has 0 aromatic heterocycles. The summed E-state index contributed by atoms with van der Waals surface area (Å²) in [5.41, 5.74) is 0.476. The van der Waals surface area contributed by atoms with Crippen LogP contribution in [0.2, 0.25) is 0 Å².